The molecule has 0 amide bonds. The number of aromatic nitrogens is 1. The van der Waals surface area contributed by atoms with Crippen LogP contribution in [0.4, 0.5) is 0 Å². The van der Waals surface area contributed by atoms with Gasteiger partial charge in [-0.1, -0.05) is 0 Å². The molecule has 0 spiro atoms. The van der Waals surface area contributed by atoms with Crippen molar-refractivity contribution in [1.82, 2.24) is 4.98 Å². The van der Waals surface area contributed by atoms with Crippen LogP contribution in [0.25, 0.3) is 0 Å². The summed E-state index contributed by atoms with van der Waals surface area (Å²) in [7, 11) is 0. The van der Waals surface area contributed by atoms with Gasteiger partial charge in [0.25, 0.3) is 0 Å². The molecule has 0 unspecified atom stereocenters. The minimum atomic E-state index is -0.860. The fourth-order valence-electron chi connectivity index (χ4n) is 2.64. The van der Waals surface area contributed by atoms with Crippen LogP contribution in [-0.4, -0.2) is 27.3 Å². The first-order valence-corrected chi connectivity index (χ1v) is 8.68. The largest absolute Gasteiger partial charge is 0.390 e. The zero-order valence-electron chi connectivity index (χ0n) is 14.1. The molecule has 0 bridgehead atoms. The molecule has 124 valence electrons. The van der Waals surface area contributed by atoms with Crippen LogP contribution >= 0.6 is 11.3 Å². The lowest BCUT2D eigenvalue weighted by molar-refractivity contribution is -0.116. The van der Waals surface area contributed by atoms with Crippen LogP contribution in [0.1, 0.15) is 52.0 Å². The summed E-state index contributed by atoms with van der Waals surface area (Å²) in [6.07, 6.45) is 3.79. The van der Waals surface area contributed by atoms with E-state index in [1.807, 2.05) is 5.38 Å². The molecule has 23 heavy (non-hydrogen) atoms. The molecule has 0 aliphatic heterocycles. The number of hydrogen-bond donors (Lipinski definition) is 1. The topological polar surface area (TPSA) is 67.3 Å². The second-order valence-corrected chi connectivity index (χ2v) is 7.58. The molecule has 1 aliphatic carbocycles. The minimum absolute atomic E-state index is 0.0376. The fourth-order valence-corrected chi connectivity index (χ4v) is 3.26. The highest BCUT2D eigenvalue weighted by Gasteiger charge is 2.30. The van der Waals surface area contributed by atoms with Crippen molar-refractivity contribution in [3.05, 3.63) is 38.9 Å². The van der Waals surface area contributed by atoms with E-state index in [1.165, 1.54) is 0 Å². The number of carbonyl (C=O) groups is 2. The van der Waals surface area contributed by atoms with E-state index >= 15 is 0 Å². The third-order valence-electron chi connectivity index (χ3n) is 4.22. The molecule has 1 aromatic heterocycles. The van der Waals surface area contributed by atoms with Crippen molar-refractivity contribution in [2.75, 3.05) is 0 Å². The van der Waals surface area contributed by atoms with Gasteiger partial charge < -0.3 is 5.11 Å². The molecule has 0 saturated carbocycles. The molecule has 1 N–H and O–H groups in total. The highest BCUT2D eigenvalue weighted by molar-refractivity contribution is 7.09. The van der Waals surface area contributed by atoms with E-state index in [2.05, 4.69) is 4.98 Å². The normalized spacial score (nSPS) is 16.6. The number of allylic oxidation sites excluding steroid dienone is 4. The Morgan fingerprint density at radius 2 is 1.61 bits per heavy atom. The predicted octanol–water partition coefficient (Wildman–Crippen LogP) is 3.41. The molecule has 0 atom stereocenters. The highest BCUT2D eigenvalue weighted by Crippen LogP contribution is 2.31. The van der Waals surface area contributed by atoms with E-state index < -0.39 is 5.60 Å². The zero-order valence-corrected chi connectivity index (χ0v) is 14.9. The van der Waals surface area contributed by atoms with Crippen LogP contribution in [0.15, 0.2) is 33.9 Å². The van der Waals surface area contributed by atoms with Gasteiger partial charge in [0, 0.05) is 40.3 Å². The van der Waals surface area contributed by atoms with Gasteiger partial charge in [-0.2, -0.15) is 0 Å². The Balaban J connectivity index is 2.28. The lowest BCUT2D eigenvalue weighted by atomic mass is 9.80. The van der Waals surface area contributed by atoms with E-state index in [0.717, 1.165) is 5.01 Å². The first-order chi connectivity index (χ1) is 10.7. The van der Waals surface area contributed by atoms with Crippen molar-refractivity contribution >= 4 is 22.9 Å². The number of hydrogen-bond acceptors (Lipinski definition) is 5. The first kappa shape index (κ1) is 17.8. The zero-order chi connectivity index (χ0) is 17.2. The van der Waals surface area contributed by atoms with Crippen molar-refractivity contribution in [2.45, 2.75) is 59.0 Å². The van der Waals surface area contributed by atoms with Crippen LogP contribution < -0.4 is 0 Å². The van der Waals surface area contributed by atoms with Crippen LogP contribution in [0.3, 0.4) is 0 Å². The molecule has 0 radical (unpaired) electrons. The molecule has 5 heteroatoms. The summed E-state index contributed by atoms with van der Waals surface area (Å²) in [4.78, 5) is 29.5. The predicted molar refractivity (Wildman–Crippen MR) is 91.4 cm³/mol. The van der Waals surface area contributed by atoms with Gasteiger partial charge >= 0.3 is 0 Å². The number of Topliss-reactive ketones (excluding diaryl/α,β-unsaturated/α-hetero) is 2. The third kappa shape index (κ3) is 4.24. The molecule has 4 nitrogen and oxygen atoms in total. The Bertz CT molecular complexity index is 676. The van der Waals surface area contributed by atoms with Crippen molar-refractivity contribution in [3.8, 4) is 0 Å². The summed E-state index contributed by atoms with van der Waals surface area (Å²) in [5.41, 5.74) is 1.37. The maximum Gasteiger partial charge on any atom is 0.185 e. The van der Waals surface area contributed by atoms with E-state index in [-0.39, 0.29) is 11.6 Å². The number of rotatable bonds is 6. The fraction of sp³-hybridized carbons (Fsp3) is 0.500. The van der Waals surface area contributed by atoms with Crippen molar-refractivity contribution in [2.24, 2.45) is 0 Å². The number of nitrogens with zero attached hydrogens (tertiary/aromatic N) is 1. The maximum absolute atomic E-state index is 12.6. The quantitative estimate of drug-likeness (QED) is 0.810. The Hall–Kier alpha value is -1.59. The SMILES string of the molecule is CC1=C(C)C(=O)C(CCC(C)(C)O)=C(CCc2nccs2)C1=O. The Kier molecular flexibility index (Phi) is 5.32. The molecule has 0 fully saturated rings. The summed E-state index contributed by atoms with van der Waals surface area (Å²) >= 11 is 1.55. The number of aliphatic hydroxyl groups is 1. The molecule has 0 saturated heterocycles. The second-order valence-electron chi connectivity index (χ2n) is 6.60. The first-order valence-electron chi connectivity index (χ1n) is 7.80. The number of thiazole rings is 1. The van der Waals surface area contributed by atoms with Crippen LogP contribution in [0.5, 0.6) is 0 Å². The summed E-state index contributed by atoms with van der Waals surface area (Å²) < 4.78 is 0. The molecule has 0 aromatic carbocycles. The molecule has 2 rings (SSSR count). The molecular formula is C18H23NO3S. The van der Waals surface area contributed by atoms with Gasteiger partial charge in [0.2, 0.25) is 0 Å². The average molecular weight is 333 g/mol. The second kappa shape index (κ2) is 6.89. The smallest absolute Gasteiger partial charge is 0.185 e. The monoisotopic (exact) mass is 333 g/mol. The van der Waals surface area contributed by atoms with E-state index in [4.69, 9.17) is 0 Å². The lowest BCUT2D eigenvalue weighted by Crippen LogP contribution is -2.25. The molecule has 1 heterocycles. The third-order valence-corrected chi connectivity index (χ3v) is 5.05. The number of aryl methyl sites for hydroxylation is 1. The lowest BCUT2D eigenvalue weighted by Gasteiger charge is -2.23. The summed E-state index contributed by atoms with van der Waals surface area (Å²) in [5.74, 6) is -0.0927. The van der Waals surface area contributed by atoms with Crippen LogP contribution in [0, 0.1) is 0 Å². The van der Waals surface area contributed by atoms with E-state index in [1.54, 1.807) is 45.2 Å². The van der Waals surface area contributed by atoms with Gasteiger partial charge in [-0.05, 0) is 47.0 Å². The summed E-state index contributed by atoms with van der Waals surface area (Å²) in [6.45, 7) is 6.85. The summed E-state index contributed by atoms with van der Waals surface area (Å²) in [5, 5.41) is 12.8. The van der Waals surface area contributed by atoms with Gasteiger partial charge in [-0.25, -0.2) is 4.98 Å². The average Bonchev–Trinajstić information content (AvgIpc) is 2.98. The van der Waals surface area contributed by atoms with Crippen LogP contribution in [0.2, 0.25) is 0 Å². The Morgan fingerprint density at radius 1 is 1.04 bits per heavy atom. The summed E-state index contributed by atoms with van der Waals surface area (Å²) in [6, 6.07) is 0. The maximum atomic E-state index is 12.6. The van der Waals surface area contributed by atoms with Gasteiger partial charge in [-0.15, -0.1) is 11.3 Å². The Morgan fingerprint density at radius 3 is 2.09 bits per heavy atom. The van der Waals surface area contributed by atoms with Crippen molar-refractivity contribution < 1.29 is 14.7 Å². The Labute approximate surface area is 140 Å². The molecule has 1 aromatic rings. The highest BCUT2D eigenvalue weighted by atomic mass is 32.1. The minimum Gasteiger partial charge on any atom is -0.390 e. The van der Waals surface area contributed by atoms with Crippen molar-refractivity contribution in [3.63, 3.8) is 0 Å². The molecular weight excluding hydrogens is 310 g/mol. The number of ketones is 2. The number of carbonyl (C=O) groups excluding carboxylic acids is 2. The van der Waals surface area contributed by atoms with Gasteiger partial charge in [0.15, 0.2) is 11.6 Å². The van der Waals surface area contributed by atoms with Gasteiger partial charge in [0.05, 0.1) is 10.6 Å². The van der Waals surface area contributed by atoms with Crippen molar-refractivity contribution in [1.29, 1.82) is 0 Å². The van der Waals surface area contributed by atoms with E-state index in [0.29, 0.717) is 48.0 Å². The van der Waals surface area contributed by atoms with E-state index in [9.17, 15) is 14.7 Å². The molecule has 1 aliphatic rings. The standard InChI is InChI=1S/C18H23NO3S/c1-11-12(2)17(21)14(7-8-18(3,4)22)13(16(11)20)5-6-15-19-9-10-23-15/h9-10,22H,5-8H2,1-4H3. The van der Waals surface area contributed by atoms with Gasteiger partial charge in [-0.3, -0.25) is 9.59 Å². The van der Waals surface area contributed by atoms with Gasteiger partial charge in [0.1, 0.15) is 0 Å². The van der Waals surface area contributed by atoms with Crippen LogP contribution in [-0.2, 0) is 16.0 Å².